The van der Waals surface area contributed by atoms with Gasteiger partial charge in [0.1, 0.15) is 46.5 Å². The molecule has 0 amide bonds. The molecule has 1 aliphatic carbocycles. The number of aromatic nitrogens is 10. The first kappa shape index (κ1) is 75.6. The van der Waals surface area contributed by atoms with Crippen LogP contribution in [0.15, 0.2) is 232 Å². The summed E-state index contributed by atoms with van der Waals surface area (Å²) in [5.74, 6) is 7.26. The van der Waals surface area contributed by atoms with Crippen LogP contribution in [0, 0.1) is 50.9 Å². The molecule has 0 spiro atoms. The van der Waals surface area contributed by atoms with Crippen molar-refractivity contribution in [2.75, 3.05) is 39.2 Å². The summed E-state index contributed by atoms with van der Waals surface area (Å²) >= 11 is 0. The second kappa shape index (κ2) is 33.4. The molecule has 0 atom stereocenters. The van der Waals surface area contributed by atoms with Crippen molar-refractivity contribution in [2.45, 2.75) is 90.9 Å². The van der Waals surface area contributed by atoms with Crippen LogP contribution in [0.5, 0.6) is 0 Å². The zero-order valence-corrected chi connectivity index (χ0v) is 66.8. The summed E-state index contributed by atoms with van der Waals surface area (Å²) in [6, 6.07) is 73.0. The van der Waals surface area contributed by atoms with Crippen LogP contribution in [-0.4, -0.2) is 49.8 Å². The molecule has 0 saturated carbocycles. The summed E-state index contributed by atoms with van der Waals surface area (Å²) in [6.45, 7) is 25.9. The molecular weight excluding hydrogens is 1980 g/mol. The first-order chi connectivity index (χ1) is 47.8. The predicted molar refractivity (Wildman–Crippen MR) is 388 cm³/mol. The van der Waals surface area contributed by atoms with E-state index in [9.17, 15) is 0 Å². The molecule has 0 saturated heterocycles. The molecule has 10 heterocycles. The molecule has 12 aromatic rings. The van der Waals surface area contributed by atoms with Gasteiger partial charge in [-0.15, -0.1) is 49.4 Å². The standard InChI is InChI=1S/C25H26N4.C23H24N4.2C16H11N5.4Ir/c1-24(2)15-16-25(3,4)21-20(24)26-22-23(27-21)29(19-13-9-6-10-14-19)17-28(22)18-11-7-5-8-12-18;1-16(2)20-21(17(3)4)25-23-22(24-20)26(18-11-7-5-8-12-18)15-27(23)19-13-9-6-10-14-19;1-2-5-13(6-3-1)20-12-21(14-7-4-8-17-11-14)16-15(20)18-9-10-19-16;1-2-4-13(5-3-1)20-12-21(14-6-8-17-9-7-14)16-15(20)18-10-11-19-16;;;;/h5-13,17H,15-16H2,1-4H3;5-13,15-17H,1-4H3;1-5,7-12H;1-4,6-12H;;;;/q4*-2;;;;. The number of fused-ring (bicyclic) bond motifs is 5. The van der Waals surface area contributed by atoms with Crippen LogP contribution in [0.25, 0.3) is 0 Å². The first-order valence-electron chi connectivity index (χ1n) is 32.8. The third kappa shape index (κ3) is 15.8. The molecule has 18 nitrogen and oxygen atoms in total. The van der Waals surface area contributed by atoms with Gasteiger partial charge in [0.05, 0.1) is 22.8 Å². The van der Waals surface area contributed by atoms with Gasteiger partial charge in [-0.25, -0.2) is 39.9 Å². The summed E-state index contributed by atoms with van der Waals surface area (Å²) < 4.78 is 0. The van der Waals surface area contributed by atoms with Crippen molar-refractivity contribution in [3.8, 4) is 0 Å². The van der Waals surface area contributed by atoms with Crippen LogP contribution in [-0.2, 0) is 91.3 Å². The third-order valence-corrected chi connectivity index (χ3v) is 17.3. The van der Waals surface area contributed by atoms with Gasteiger partial charge < -0.3 is 39.2 Å². The predicted octanol–water partition coefficient (Wildman–Crippen LogP) is 18.1. The van der Waals surface area contributed by atoms with E-state index < -0.39 is 0 Å². The Morgan fingerprint density at radius 3 is 0.971 bits per heavy atom. The van der Waals surface area contributed by atoms with Gasteiger partial charge in [-0.3, -0.25) is 9.97 Å². The van der Waals surface area contributed by atoms with E-state index >= 15 is 0 Å². The van der Waals surface area contributed by atoms with Gasteiger partial charge in [0.25, 0.3) is 0 Å². The quantitative estimate of drug-likeness (QED) is 0.119. The monoisotopic (exact) mass is 2060 g/mol. The third-order valence-electron chi connectivity index (χ3n) is 17.3. The number of nitrogens with zero attached hydrogens (tertiary/aromatic N) is 18. The number of para-hydroxylation sites is 6. The molecule has 6 aromatic carbocycles. The zero-order valence-electron chi connectivity index (χ0n) is 57.2. The molecule has 0 unspecified atom stereocenters. The van der Waals surface area contributed by atoms with Gasteiger partial charge in [-0.1, -0.05) is 91.8 Å². The number of hydrogen-bond acceptors (Lipinski definition) is 18. The second-order valence-corrected chi connectivity index (χ2v) is 25.7. The summed E-state index contributed by atoms with van der Waals surface area (Å²) in [6.07, 6.45) is 16.1. The van der Waals surface area contributed by atoms with E-state index in [-0.39, 0.29) is 91.3 Å². The van der Waals surface area contributed by atoms with Crippen molar-refractivity contribution in [3.63, 3.8) is 0 Å². The van der Waals surface area contributed by atoms with E-state index in [1.54, 1.807) is 49.6 Å². The Morgan fingerprint density at radius 1 is 0.314 bits per heavy atom. The normalized spacial score (nSPS) is 14.5. The first-order valence-corrected chi connectivity index (χ1v) is 32.8. The number of hydrogen-bond donors (Lipinski definition) is 0. The average Bonchev–Trinajstić information content (AvgIpc) is 1.43. The van der Waals surface area contributed by atoms with Crippen LogP contribution in [0.2, 0.25) is 0 Å². The number of pyridine rings is 2. The Labute approximate surface area is 652 Å². The van der Waals surface area contributed by atoms with Gasteiger partial charge in [-0.2, -0.15) is 121 Å². The van der Waals surface area contributed by atoms with Gasteiger partial charge in [-0.05, 0) is 73.2 Å². The Morgan fingerprint density at radius 2 is 0.618 bits per heavy atom. The molecule has 526 valence electrons. The Hall–Kier alpha value is -9.06. The fourth-order valence-electron chi connectivity index (χ4n) is 12.2. The Balaban J connectivity index is 0.000000146. The van der Waals surface area contributed by atoms with Gasteiger partial charge in [0, 0.05) is 164 Å². The SMILES string of the molecule is CC(C)c1nc2c(nc1C(C)C)N(c1ccccc1)[CH-]N2c1[c-]cccc1.CC1(C)CCC(C)(C)c2nc3c(nc21)N(c1[c-]cccc1)[CH-]N3c1ccccc1.[Ir].[Ir].[Ir].[Ir].[c-]1ccccc1N1[CH-]N(c2cccnc2)c2nccnc21.[c-]1ccccc1N1[CH-]N(c2ccncc2)c2nccnc21. The van der Waals surface area contributed by atoms with Crippen molar-refractivity contribution in [1.29, 1.82) is 0 Å². The second-order valence-electron chi connectivity index (χ2n) is 25.7. The van der Waals surface area contributed by atoms with Crippen molar-refractivity contribution in [3.05, 3.63) is 305 Å². The van der Waals surface area contributed by atoms with E-state index in [4.69, 9.17) is 19.9 Å². The van der Waals surface area contributed by atoms with E-state index in [1.165, 1.54) is 0 Å². The summed E-state index contributed by atoms with van der Waals surface area (Å²) in [5.41, 5.74) is 12.3. The van der Waals surface area contributed by atoms with Crippen molar-refractivity contribution in [1.82, 2.24) is 49.8 Å². The minimum absolute atomic E-state index is 0. The van der Waals surface area contributed by atoms with Crippen LogP contribution in [0.1, 0.15) is 103 Å². The Kier molecular flexibility index (Phi) is 24.7. The largest absolute Gasteiger partial charge is 0.477 e. The maximum Gasteiger partial charge on any atom is 0.146 e. The molecule has 0 bridgehead atoms. The summed E-state index contributed by atoms with van der Waals surface area (Å²) in [5, 5.41) is 0. The molecule has 17 rings (SSSR count). The van der Waals surface area contributed by atoms with Crippen molar-refractivity contribution >= 4 is 92.0 Å². The van der Waals surface area contributed by atoms with E-state index in [0.29, 0.717) is 11.8 Å². The minimum Gasteiger partial charge on any atom is -0.477 e. The smallest absolute Gasteiger partial charge is 0.146 e. The van der Waals surface area contributed by atoms with Crippen LogP contribution >= 0.6 is 0 Å². The molecule has 4 radical (unpaired) electrons. The van der Waals surface area contributed by atoms with E-state index in [0.717, 1.165) is 128 Å². The molecule has 102 heavy (non-hydrogen) atoms. The molecule has 4 aliphatic heterocycles. The average molecular weight is 2050 g/mol. The number of benzene rings is 6. The van der Waals surface area contributed by atoms with Gasteiger partial charge in [0.2, 0.25) is 0 Å². The molecule has 5 aliphatic rings. The minimum atomic E-state index is 0. The fraction of sp³-hybridized carbons (Fsp3) is 0.175. The van der Waals surface area contributed by atoms with Crippen LogP contribution < -0.4 is 39.2 Å². The van der Waals surface area contributed by atoms with Crippen molar-refractivity contribution < 1.29 is 80.4 Å². The summed E-state index contributed by atoms with van der Waals surface area (Å²) in [7, 11) is 0. The Bertz CT molecular complexity index is 4240. The molecule has 0 N–H and O–H groups in total. The zero-order chi connectivity index (χ0) is 67.3. The van der Waals surface area contributed by atoms with Crippen LogP contribution in [0.3, 0.4) is 0 Å². The number of anilines is 16. The fourth-order valence-corrected chi connectivity index (χ4v) is 12.2. The molecule has 0 fully saturated rings. The van der Waals surface area contributed by atoms with Crippen molar-refractivity contribution in [2.24, 2.45) is 0 Å². The van der Waals surface area contributed by atoms with E-state index in [2.05, 4.69) is 185 Å². The van der Waals surface area contributed by atoms with E-state index in [1.807, 2.05) is 172 Å². The molecule has 6 aromatic heterocycles. The summed E-state index contributed by atoms with van der Waals surface area (Å²) in [4.78, 5) is 63.0. The van der Waals surface area contributed by atoms with Crippen LogP contribution in [0.4, 0.5) is 92.0 Å². The maximum absolute atomic E-state index is 5.25. The number of rotatable bonds is 10. The van der Waals surface area contributed by atoms with Gasteiger partial charge >= 0.3 is 0 Å². The topological polar surface area (TPSA) is 155 Å². The maximum atomic E-state index is 5.25. The molecular formula is C80H72Ir4N18-8. The van der Waals surface area contributed by atoms with Gasteiger partial charge in [0.15, 0.2) is 0 Å². The molecule has 22 heteroatoms.